The van der Waals surface area contributed by atoms with Crippen LogP contribution in [-0.2, 0) is 14.4 Å². The van der Waals surface area contributed by atoms with Gasteiger partial charge in [-0.15, -0.1) is 0 Å². The van der Waals surface area contributed by atoms with E-state index in [0.717, 1.165) is 19.3 Å². The maximum atomic E-state index is 13.2. The van der Waals surface area contributed by atoms with Gasteiger partial charge in [-0.2, -0.15) is 0 Å². The second-order valence-electron chi connectivity index (χ2n) is 10.2. The Morgan fingerprint density at radius 2 is 1.35 bits per heavy atom. The maximum absolute atomic E-state index is 13.2. The molecule has 186 valence electrons. The SMILES string of the molecule is CCCCCCCCCCCC(=O)Nc1ccc(N2C(=O)[C@@H]3[C@H]4C[C@@H]([C@H](Br)[C@@H]4Br)[C@@H]3C2=O)cc1. The number of hydrogen-bond acceptors (Lipinski definition) is 3. The van der Waals surface area contributed by atoms with Crippen molar-refractivity contribution in [3.05, 3.63) is 24.3 Å². The number of nitrogens with zero attached hydrogens (tertiary/aromatic N) is 1. The molecule has 1 saturated heterocycles. The minimum absolute atomic E-state index is 0.0156. The first-order chi connectivity index (χ1) is 16.4. The van der Waals surface area contributed by atoms with Gasteiger partial charge in [-0.05, 0) is 48.9 Å². The number of imide groups is 1. The Morgan fingerprint density at radius 1 is 0.853 bits per heavy atom. The van der Waals surface area contributed by atoms with Crippen molar-refractivity contribution < 1.29 is 14.4 Å². The third-order valence-corrected chi connectivity index (χ3v) is 11.1. The quantitative estimate of drug-likeness (QED) is 0.164. The molecule has 34 heavy (non-hydrogen) atoms. The first-order valence-corrected chi connectivity index (χ1v) is 14.8. The largest absolute Gasteiger partial charge is 0.326 e. The Bertz CT molecular complexity index is 858. The fourth-order valence-corrected chi connectivity index (χ4v) is 7.99. The molecule has 0 unspecified atom stereocenters. The summed E-state index contributed by atoms with van der Waals surface area (Å²) in [6, 6.07) is 7.11. The lowest BCUT2D eigenvalue weighted by atomic mass is 9.81. The average molecular weight is 596 g/mol. The zero-order chi connectivity index (χ0) is 24.2. The van der Waals surface area contributed by atoms with Crippen molar-refractivity contribution in [1.29, 1.82) is 0 Å². The molecule has 3 aliphatic rings. The number of rotatable bonds is 12. The number of fused-ring (bicyclic) bond motifs is 5. The second kappa shape index (κ2) is 11.7. The molecule has 5 nitrogen and oxygen atoms in total. The van der Waals surface area contributed by atoms with Gasteiger partial charge in [0.1, 0.15) is 0 Å². The monoisotopic (exact) mass is 594 g/mol. The molecule has 1 aliphatic heterocycles. The van der Waals surface area contributed by atoms with E-state index < -0.39 is 0 Å². The minimum Gasteiger partial charge on any atom is -0.326 e. The second-order valence-corrected chi connectivity index (χ2v) is 12.3. The Balaban J connectivity index is 1.22. The van der Waals surface area contributed by atoms with Gasteiger partial charge in [0.25, 0.3) is 0 Å². The van der Waals surface area contributed by atoms with E-state index in [-0.39, 0.29) is 51.0 Å². The highest BCUT2D eigenvalue weighted by Crippen LogP contribution is 2.60. The number of amides is 3. The van der Waals surface area contributed by atoms with E-state index in [4.69, 9.17) is 0 Å². The van der Waals surface area contributed by atoms with E-state index >= 15 is 0 Å². The number of alkyl halides is 2. The summed E-state index contributed by atoms with van der Waals surface area (Å²) < 4.78 is 0. The number of halogens is 2. The van der Waals surface area contributed by atoms with Crippen LogP contribution >= 0.6 is 31.9 Å². The van der Waals surface area contributed by atoms with Crippen molar-refractivity contribution in [2.75, 3.05) is 10.2 Å². The zero-order valence-electron chi connectivity index (χ0n) is 20.0. The molecule has 2 aliphatic carbocycles. The number of hydrogen-bond donors (Lipinski definition) is 1. The van der Waals surface area contributed by atoms with Gasteiger partial charge < -0.3 is 5.32 Å². The Morgan fingerprint density at radius 3 is 1.88 bits per heavy atom. The number of unbranched alkanes of at least 4 members (excludes halogenated alkanes) is 8. The highest BCUT2D eigenvalue weighted by atomic mass is 79.9. The Hall–Kier alpha value is -1.21. The molecular formula is C27H36Br2N2O3. The van der Waals surface area contributed by atoms with Gasteiger partial charge in [0.05, 0.1) is 17.5 Å². The predicted octanol–water partition coefficient (Wildman–Crippen LogP) is 6.83. The van der Waals surface area contributed by atoms with E-state index in [1.54, 1.807) is 24.3 Å². The molecule has 6 atom stereocenters. The van der Waals surface area contributed by atoms with Crippen LogP contribution in [0.25, 0.3) is 0 Å². The number of nitrogens with one attached hydrogen (secondary N) is 1. The van der Waals surface area contributed by atoms with Crippen molar-refractivity contribution in [2.45, 2.75) is 87.2 Å². The van der Waals surface area contributed by atoms with Crippen molar-refractivity contribution in [2.24, 2.45) is 23.7 Å². The summed E-state index contributed by atoms with van der Waals surface area (Å²) in [6.45, 7) is 2.24. The van der Waals surface area contributed by atoms with Gasteiger partial charge in [0.15, 0.2) is 0 Å². The fraction of sp³-hybridized carbons (Fsp3) is 0.667. The van der Waals surface area contributed by atoms with Crippen LogP contribution in [-0.4, -0.2) is 27.4 Å². The number of anilines is 2. The molecule has 2 saturated carbocycles. The molecule has 7 heteroatoms. The predicted molar refractivity (Wildman–Crippen MR) is 143 cm³/mol. The Labute approximate surface area is 220 Å². The summed E-state index contributed by atoms with van der Waals surface area (Å²) in [5.74, 6) is -0.150. The topological polar surface area (TPSA) is 66.5 Å². The molecule has 0 aromatic heterocycles. The van der Waals surface area contributed by atoms with Crippen LogP contribution in [0.4, 0.5) is 11.4 Å². The maximum Gasteiger partial charge on any atom is 0.238 e. The van der Waals surface area contributed by atoms with E-state index in [9.17, 15) is 14.4 Å². The molecule has 1 heterocycles. The molecule has 1 N–H and O–H groups in total. The molecular weight excluding hydrogens is 560 g/mol. The molecule has 0 radical (unpaired) electrons. The summed E-state index contributed by atoms with van der Waals surface area (Å²) in [5.41, 5.74) is 1.29. The first kappa shape index (κ1) is 25.9. The van der Waals surface area contributed by atoms with E-state index in [0.29, 0.717) is 17.8 Å². The summed E-state index contributed by atoms with van der Waals surface area (Å²) in [5, 5.41) is 2.94. The summed E-state index contributed by atoms with van der Waals surface area (Å²) in [6.07, 6.45) is 12.5. The van der Waals surface area contributed by atoms with Crippen LogP contribution in [0.2, 0.25) is 0 Å². The standard InChI is InChI=1S/C27H36Br2N2O3/c1-2-3-4-5-6-7-8-9-10-11-21(32)30-17-12-14-18(15-13-17)31-26(33)22-19-16-20(23(22)27(31)34)25(29)24(19)28/h12-15,19-20,22-25H,2-11,16H2,1H3,(H,30,32)/t19-,20-,22-,23+,24-,25+/m1/s1. The van der Waals surface area contributed by atoms with Crippen LogP contribution in [0.15, 0.2) is 24.3 Å². The fourth-order valence-electron chi connectivity index (χ4n) is 6.12. The van der Waals surface area contributed by atoms with Crippen molar-refractivity contribution >= 4 is 61.0 Å². The van der Waals surface area contributed by atoms with E-state index in [2.05, 4.69) is 44.1 Å². The third kappa shape index (κ3) is 5.30. The van der Waals surface area contributed by atoms with Crippen LogP contribution in [0, 0.1) is 23.7 Å². The number of benzene rings is 1. The van der Waals surface area contributed by atoms with Crippen molar-refractivity contribution in [1.82, 2.24) is 0 Å². The van der Waals surface area contributed by atoms with Gasteiger partial charge in [-0.1, -0.05) is 90.2 Å². The molecule has 0 spiro atoms. The van der Waals surface area contributed by atoms with Gasteiger partial charge in [0.2, 0.25) is 17.7 Å². The average Bonchev–Trinajstić information content (AvgIpc) is 3.43. The highest BCUT2D eigenvalue weighted by molar-refractivity contribution is 9.12. The molecule has 1 aromatic rings. The number of carbonyl (C=O) groups is 3. The summed E-state index contributed by atoms with van der Waals surface area (Å²) in [7, 11) is 0. The summed E-state index contributed by atoms with van der Waals surface area (Å²) >= 11 is 7.45. The van der Waals surface area contributed by atoms with Crippen LogP contribution in [0.1, 0.15) is 77.6 Å². The van der Waals surface area contributed by atoms with Gasteiger partial charge in [-0.3, -0.25) is 19.3 Å². The third-order valence-electron chi connectivity index (χ3n) is 7.90. The number of carbonyl (C=O) groups excluding carboxylic acids is 3. The normalized spacial score (nSPS) is 29.7. The smallest absolute Gasteiger partial charge is 0.238 e. The van der Waals surface area contributed by atoms with Crippen LogP contribution in [0.5, 0.6) is 0 Å². The lowest BCUT2D eigenvalue weighted by Gasteiger charge is -2.28. The lowest BCUT2D eigenvalue weighted by molar-refractivity contribution is -0.123. The first-order valence-electron chi connectivity index (χ1n) is 13.0. The van der Waals surface area contributed by atoms with E-state index in [1.807, 2.05) is 0 Å². The Kier molecular flexibility index (Phi) is 8.89. The van der Waals surface area contributed by atoms with Crippen LogP contribution in [0.3, 0.4) is 0 Å². The van der Waals surface area contributed by atoms with Crippen LogP contribution < -0.4 is 10.2 Å². The zero-order valence-corrected chi connectivity index (χ0v) is 23.2. The van der Waals surface area contributed by atoms with Gasteiger partial charge >= 0.3 is 0 Å². The molecule has 3 fully saturated rings. The highest BCUT2D eigenvalue weighted by Gasteiger charge is 2.66. The molecule has 3 amide bonds. The molecule has 2 bridgehead atoms. The lowest BCUT2D eigenvalue weighted by Crippen LogP contribution is -2.37. The van der Waals surface area contributed by atoms with E-state index in [1.165, 1.54) is 49.8 Å². The molecule has 1 aromatic carbocycles. The van der Waals surface area contributed by atoms with Crippen molar-refractivity contribution in [3.8, 4) is 0 Å². The van der Waals surface area contributed by atoms with Crippen molar-refractivity contribution in [3.63, 3.8) is 0 Å². The summed E-state index contributed by atoms with van der Waals surface area (Å²) in [4.78, 5) is 40.5. The molecule has 4 rings (SSSR count). The minimum atomic E-state index is -0.216. The van der Waals surface area contributed by atoms with Gasteiger partial charge in [-0.25, -0.2) is 0 Å². The van der Waals surface area contributed by atoms with Gasteiger partial charge in [0, 0.05) is 21.8 Å².